The highest BCUT2D eigenvalue weighted by atomic mass is 16.4. The third kappa shape index (κ3) is 2.85. The average Bonchev–Trinajstić information content (AvgIpc) is 2.27. The summed E-state index contributed by atoms with van der Waals surface area (Å²) in [6.45, 7) is 0.807. The van der Waals surface area contributed by atoms with Crippen molar-refractivity contribution < 1.29 is 14.7 Å². The number of carboxylic acid groups (broad SMARTS) is 1. The smallest absolute Gasteiger partial charge is 0.307 e. The third-order valence-corrected chi connectivity index (χ3v) is 4.54. The van der Waals surface area contributed by atoms with Gasteiger partial charge >= 0.3 is 5.97 Å². The van der Waals surface area contributed by atoms with Crippen LogP contribution in [0.1, 0.15) is 44.9 Å². The molecule has 0 aromatic rings. The maximum absolute atomic E-state index is 12.2. The van der Waals surface area contributed by atoms with Gasteiger partial charge in [0.15, 0.2) is 0 Å². The molecule has 0 saturated heterocycles. The normalized spacial score (nSPS) is 28.5. The maximum Gasteiger partial charge on any atom is 0.307 e. The van der Waals surface area contributed by atoms with E-state index in [1.54, 1.807) is 4.90 Å². The van der Waals surface area contributed by atoms with Gasteiger partial charge in [-0.25, -0.2) is 0 Å². The second kappa shape index (κ2) is 5.72. The van der Waals surface area contributed by atoms with Crippen LogP contribution in [0.25, 0.3) is 0 Å². The zero-order chi connectivity index (χ0) is 13.1. The van der Waals surface area contributed by atoms with E-state index >= 15 is 0 Å². The molecule has 2 unspecified atom stereocenters. The number of aliphatic carboxylic acids is 1. The number of carbonyl (C=O) groups is 2. The van der Waals surface area contributed by atoms with Crippen molar-refractivity contribution in [3.8, 4) is 0 Å². The van der Waals surface area contributed by atoms with Crippen LogP contribution in [0, 0.1) is 17.8 Å². The van der Waals surface area contributed by atoms with Gasteiger partial charge in [-0.05, 0) is 31.6 Å². The number of nitrogens with zero attached hydrogens (tertiary/aromatic N) is 1. The summed E-state index contributed by atoms with van der Waals surface area (Å²) in [5.74, 6) is -0.858. The highest BCUT2D eigenvalue weighted by Gasteiger charge is 2.42. The lowest BCUT2D eigenvalue weighted by Gasteiger charge is -2.36. The predicted molar refractivity (Wildman–Crippen MR) is 68.1 cm³/mol. The van der Waals surface area contributed by atoms with Crippen LogP contribution in [-0.2, 0) is 9.59 Å². The summed E-state index contributed by atoms with van der Waals surface area (Å²) < 4.78 is 0. The minimum Gasteiger partial charge on any atom is -0.481 e. The fraction of sp³-hybridized carbons (Fsp3) is 0.857. The number of rotatable bonds is 4. The van der Waals surface area contributed by atoms with Gasteiger partial charge in [-0.3, -0.25) is 9.59 Å². The summed E-state index contributed by atoms with van der Waals surface area (Å²) in [6, 6.07) is 0. The van der Waals surface area contributed by atoms with Crippen LogP contribution >= 0.6 is 0 Å². The first-order chi connectivity index (χ1) is 8.59. The van der Waals surface area contributed by atoms with Gasteiger partial charge in [-0.2, -0.15) is 0 Å². The molecule has 2 rings (SSSR count). The van der Waals surface area contributed by atoms with E-state index in [1.807, 2.05) is 7.05 Å². The standard InChI is InChI=1S/C14H23NO3/c1-15(9-10-5-3-2-4-6-10)13(16)11-7-8-12(11)14(17)18/h10-12H,2-9H2,1H3,(H,17,18). The zero-order valence-corrected chi connectivity index (χ0v) is 11.1. The van der Waals surface area contributed by atoms with Crippen molar-refractivity contribution in [2.24, 2.45) is 17.8 Å². The molecule has 0 bridgehead atoms. The second-order valence-corrected chi connectivity index (χ2v) is 5.85. The van der Waals surface area contributed by atoms with Gasteiger partial charge < -0.3 is 10.0 Å². The Labute approximate surface area is 108 Å². The Hall–Kier alpha value is -1.06. The lowest BCUT2D eigenvalue weighted by molar-refractivity contribution is -0.156. The molecule has 0 aromatic carbocycles. The Morgan fingerprint density at radius 1 is 1.06 bits per heavy atom. The zero-order valence-electron chi connectivity index (χ0n) is 11.1. The lowest BCUT2D eigenvalue weighted by Crippen LogP contribution is -2.46. The summed E-state index contributed by atoms with van der Waals surface area (Å²) in [5, 5.41) is 8.99. The molecule has 1 amide bonds. The van der Waals surface area contributed by atoms with Crippen molar-refractivity contribution in [2.75, 3.05) is 13.6 Å². The fourth-order valence-corrected chi connectivity index (χ4v) is 3.22. The van der Waals surface area contributed by atoms with Crippen molar-refractivity contribution in [1.29, 1.82) is 0 Å². The topological polar surface area (TPSA) is 57.6 Å². The maximum atomic E-state index is 12.2. The van der Waals surface area contributed by atoms with Crippen molar-refractivity contribution >= 4 is 11.9 Å². The van der Waals surface area contributed by atoms with Gasteiger partial charge in [0.05, 0.1) is 11.8 Å². The first-order valence-electron chi connectivity index (χ1n) is 7.07. The van der Waals surface area contributed by atoms with Crippen LogP contribution in [0.5, 0.6) is 0 Å². The van der Waals surface area contributed by atoms with Crippen LogP contribution < -0.4 is 0 Å². The minimum absolute atomic E-state index is 0.0409. The van der Waals surface area contributed by atoms with E-state index in [-0.39, 0.29) is 11.8 Å². The number of hydrogen-bond acceptors (Lipinski definition) is 2. The van der Waals surface area contributed by atoms with E-state index in [0.29, 0.717) is 12.3 Å². The molecule has 0 radical (unpaired) electrons. The van der Waals surface area contributed by atoms with Crippen molar-refractivity contribution in [3.05, 3.63) is 0 Å². The molecule has 2 aliphatic rings. The predicted octanol–water partition coefficient (Wildman–Crippen LogP) is 2.14. The Morgan fingerprint density at radius 3 is 2.17 bits per heavy atom. The fourth-order valence-electron chi connectivity index (χ4n) is 3.22. The average molecular weight is 253 g/mol. The number of amides is 1. The van der Waals surface area contributed by atoms with Crippen LogP contribution in [0.3, 0.4) is 0 Å². The lowest BCUT2D eigenvalue weighted by atomic mass is 9.73. The second-order valence-electron chi connectivity index (χ2n) is 5.85. The summed E-state index contributed by atoms with van der Waals surface area (Å²) in [6.07, 6.45) is 7.68. The quantitative estimate of drug-likeness (QED) is 0.835. The van der Waals surface area contributed by atoms with E-state index in [1.165, 1.54) is 32.1 Å². The third-order valence-electron chi connectivity index (χ3n) is 4.54. The molecule has 2 saturated carbocycles. The molecule has 0 spiro atoms. The van der Waals surface area contributed by atoms with E-state index in [2.05, 4.69) is 0 Å². The molecule has 0 aromatic heterocycles. The molecule has 4 nitrogen and oxygen atoms in total. The van der Waals surface area contributed by atoms with Crippen LogP contribution in [0.4, 0.5) is 0 Å². The summed E-state index contributed by atoms with van der Waals surface area (Å²) in [7, 11) is 1.83. The van der Waals surface area contributed by atoms with E-state index in [0.717, 1.165) is 13.0 Å². The monoisotopic (exact) mass is 253 g/mol. The molecule has 2 atom stereocenters. The first-order valence-corrected chi connectivity index (χ1v) is 7.07. The Balaban J connectivity index is 1.82. The summed E-state index contributed by atoms with van der Waals surface area (Å²) >= 11 is 0. The summed E-state index contributed by atoms with van der Waals surface area (Å²) in [4.78, 5) is 24.9. The molecule has 18 heavy (non-hydrogen) atoms. The molecule has 1 N–H and O–H groups in total. The Kier molecular flexibility index (Phi) is 4.25. The Morgan fingerprint density at radius 2 is 1.67 bits per heavy atom. The van der Waals surface area contributed by atoms with Gasteiger partial charge in [0, 0.05) is 13.6 Å². The van der Waals surface area contributed by atoms with Crippen LogP contribution in [-0.4, -0.2) is 35.5 Å². The molecule has 2 fully saturated rings. The number of carboxylic acids is 1. The minimum atomic E-state index is -0.814. The van der Waals surface area contributed by atoms with E-state index in [9.17, 15) is 9.59 Å². The highest BCUT2D eigenvalue weighted by Crippen LogP contribution is 2.36. The molecule has 0 heterocycles. The van der Waals surface area contributed by atoms with Crippen LogP contribution in [0.15, 0.2) is 0 Å². The molecule has 2 aliphatic carbocycles. The largest absolute Gasteiger partial charge is 0.481 e. The molecule has 4 heteroatoms. The van der Waals surface area contributed by atoms with E-state index < -0.39 is 11.9 Å². The molecular formula is C14H23NO3. The molecular weight excluding hydrogens is 230 g/mol. The molecule has 0 aliphatic heterocycles. The van der Waals surface area contributed by atoms with Crippen molar-refractivity contribution in [2.45, 2.75) is 44.9 Å². The summed E-state index contributed by atoms with van der Waals surface area (Å²) in [5.41, 5.74) is 0. The first kappa shape index (κ1) is 13.4. The van der Waals surface area contributed by atoms with Gasteiger partial charge in [-0.1, -0.05) is 19.3 Å². The van der Waals surface area contributed by atoms with Gasteiger partial charge in [-0.15, -0.1) is 0 Å². The van der Waals surface area contributed by atoms with Gasteiger partial charge in [0.1, 0.15) is 0 Å². The SMILES string of the molecule is CN(CC1CCCCC1)C(=O)C1CCC1C(=O)O. The Bertz CT molecular complexity index is 323. The van der Waals surface area contributed by atoms with Crippen molar-refractivity contribution in [3.63, 3.8) is 0 Å². The van der Waals surface area contributed by atoms with E-state index in [4.69, 9.17) is 5.11 Å². The highest BCUT2D eigenvalue weighted by molar-refractivity contribution is 5.86. The van der Waals surface area contributed by atoms with Crippen LogP contribution in [0.2, 0.25) is 0 Å². The van der Waals surface area contributed by atoms with Crippen molar-refractivity contribution in [1.82, 2.24) is 4.90 Å². The van der Waals surface area contributed by atoms with Gasteiger partial charge in [0.2, 0.25) is 5.91 Å². The van der Waals surface area contributed by atoms with Gasteiger partial charge in [0.25, 0.3) is 0 Å². The molecule has 102 valence electrons. The number of carbonyl (C=O) groups excluding carboxylic acids is 1. The number of hydrogen-bond donors (Lipinski definition) is 1.